The van der Waals surface area contributed by atoms with Crippen LogP contribution < -0.4 is 15.7 Å². The van der Waals surface area contributed by atoms with Gasteiger partial charge in [0.05, 0.1) is 18.3 Å². The molecule has 0 saturated heterocycles. The number of hydrogen-bond donors (Lipinski definition) is 1. The summed E-state index contributed by atoms with van der Waals surface area (Å²) in [6.07, 6.45) is 3.85. The normalized spacial score (nSPS) is 12.4. The number of allylic oxidation sites excluding steroid dienone is 1. The van der Waals surface area contributed by atoms with Crippen LogP contribution in [0.2, 0.25) is 0 Å². The molecular weight excluding hydrogens is 476 g/mol. The van der Waals surface area contributed by atoms with Crippen LogP contribution in [0, 0.1) is 6.92 Å². The lowest BCUT2D eigenvalue weighted by molar-refractivity contribution is 0.0533. The first-order chi connectivity index (χ1) is 17.5. The van der Waals surface area contributed by atoms with E-state index in [0.717, 1.165) is 12.0 Å². The number of methoxy groups -OCH3 is 1. The third-order valence-corrected chi connectivity index (χ3v) is 5.45. The summed E-state index contributed by atoms with van der Waals surface area (Å²) in [6, 6.07) is 5.06. The van der Waals surface area contributed by atoms with Crippen molar-refractivity contribution in [2.45, 2.75) is 53.3 Å². The number of amides is 2. The number of ether oxygens (including phenoxy) is 2. The van der Waals surface area contributed by atoms with Gasteiger partial charge in [0.2, 0.25) is 5.62 Å². The number of carbonyl (C=O) groups excluding carboxylic acids is 3. The van der Waals surface area contributed by atoms with Crippen molar-refractivity contribution in [2.24, 2.45) is 12.0 Å². The molecule has 0 radical (unpaired) electrons. The molecule has 1 aromatic carbocycles. The van der Waals surface area contributed by atoms with Crippen molar-refractivity contribution in [3.05, 3.63) is 52.9 Å². The molecule has 0 bridgehead atoms. The van der Waals surface area contributed by atoms with Gasteiger partial charge in [-0.25, -0.2) is 4.79 Å². The molecule has 2 aromatic heterocycles. The van der Waals surface area contributed by atoms with E-state index in [0.29, 0.717) is 46.7 Å². The molecule has 0 fully saturated rings. The standard InChI is InChI=1S/C26H34N6O5/c1-8-32-20(13-17(2)29-32)23(34)28-24-30(6)19-14-18(16-33)15-21(36-7)22(19)31(24)12-10-9-11-27-25(35)37-26(3,4)5/h9-10,13-16H,8,11-12H2,1-7H3,(H,27,35)/b10-9+,28-24+. The number of alkyl carbamates (subject to hydrolysis) is 1. The number of fused-ring (bicyclic) bond motifs is 1. The molecule has 0 aliphatic heterocycles. The van der Waals surface area contributed by atoms with Crippen LogP contribution in [0.1, 0.15) is 54.2 Å². The van der Waals surface area contributed by atoms with Crippen LogP contribution >= 0.6 is 0 Å². The van der Waals surface area contributed by atoms with Gasteiger partial charge in [-0.05, 0) is 52.8 Å². The summed E-state index contributed by atoms with van der Waals surface area (Å²) in [7, 11) is 3.29. The molecule has 198 valence electrons. The SMILES string of the molecule is CCn1nc(C)cc1C(=O)/N=c1\n(C)c2cc(C=O)cc(OC)c2n1C/C=C/CNC(=O)OC(C)(C)C. The Labute approximate surface area is 215 Å². The molecule has 3 rings (SSSR count). The predicted octanol–water partition coefficient (Wildman–Crippen LogP) is 3.15. The molecule has 0 saturated carbocycles. The van der Waals surface area contributed by atoms with Crippen LogP contribution in [0.25, 0.3) is 11.0 Å². The minimum atomic E-state index is -0.585. The van der Waals surface area contributed by atoms with E-state index in [-0.39, 0.29) is 6.54 Å². The Balaban J connectivity index is 2.04. The van der Waals surface area contributed by atoms with Crippen molar-refractivity contribution in [3.63, 3.8) is 0 Å². The fourth-order valence-electron chi connectivity index (χ4n) is 3.89. The third-order valence-electron chi connectivity index (χ3n) is 5.45. The molecule has 2 heterocycles. The number of aromatic nitrogens is 4. The summed E-state index contributed by atoms with van der Waals surface area (Å²) in [5.41, 5.74) is 2.68. The van der Waals surface area contributed by atoms with E-state index in [1.165, 1.54) is 7.11 Å². The Morgan fingerprint density at radius 1 is 1.19 bits per heavy atom. The largest absolute Gasteiger partial charge is 0.494 e. The summed E-state index contributed by atoms with van der Waals surface area (Å²) >= 11 is 0. The highest BCUT2D eigenvalue weighted by atomic mass is 16.6. The van der Waals surface area contributed by atoms with Crippen LogP contribution in [0.5, 0.6) is 5.75 Å². The fraction of sp³-hybridized carbons (Fsp3) is 0.423. The summed E-state index contributed by atoms with van der Waals surface area (Å²) in [5, 5.41) is 7.02. The number of nitrogens with one attached hydrogen (secondary N) is 1. The van der Waals surface area contributed by atoms with E-state index in [1.807, 2.05) is 24.5 Å². The Morgan fingerprint density at radius 3 is 2.54 bits per heavy atom. The molecule has 11 nitrogen and oxygen atoms in total. The minimum absolute atomic E-state index is 0.257. The second kappa shape index (κ2) is 11.3. The van der Waals surface area contributed by atoms with E-state index in [4.69, 9.17) is 9.47 Å². The van der Waals surface area contributed by atoms with E-state index in [2.05, 4.69) is 15.4 Å². The van der Waals surface area contributed by atoms with Crippen molar-refractivity contribution in [2.75, 3.05) is 13.7 Å². The zero-order chi connectivity index (χ0) is 27.3. The summed E-state index contributed by atoms with van der Waals surface area (Å²) in [5.74, 6) is 0.0334. The Hall–Kier alpha value is -4.15. The predicted molar refractivity (Wildman–Crippen MR) is 139 cm³/mol. The van der Waals surface area contributed by atoms with E-state index >= 15 is 0 Å². The van der Waals surface area contributed by atoms with Crippen molar-refractivity contribution >= 4 is 29.3 Å². The van der Waals surface area contributed by atoms with Crippen LogP contribution in [0.3, 0.4) is 0 Å². The zero-order valence-corrected chi connectivity index (χ0v) is 22.4. The van der Waals surface area contributed by atoms with Gasteiger partial charge in [-0.15, -0.1) is 0 Å². The number of imidazole rings is 1. The Morgan fingerprint density at radius 2 is 1.92 bits per heavy atom. The molecule has 0 aliphatic rings. The molecule has 0 unspecified atom stereocenters. The maximum Gasteiger partial charge on any atom is 0.407 e. The van der Waals surface area contributed by atoms with Gasteiger partial charge in [0.1, 0.15) is 28.8 Å². The number of hydrogen-bond acceptors (Lipinski definition) is 6. The molecule has 37 heavy (non-hydrogen) atoms. The highest BCUT2D eigenvalue weighted by molar-refractivity contribution is 5.94. The van der Waals surface area contributed by atoms with Gasteiger partial charge in [-0.2, -0.15) is 10.1 Å². The van der Waals surface area contributed by atoms with E-state index in [9.17, 15) is 14.4 Å². The van der Waals surface area contributed by atoms with Crippen molar-refractivity contribution in [1.82, 2.24) is 24.2 Å². The molecule has 1 N–H and O–H groups in total. The number of aldehydes is 1. The monoisotopic (exact) mass is 510 g/mol. The molecule has 11 heteroatoms. The van der Waals surface area contributed by atoms with E-state index in [1.54, 1.807) is 61.3 Å². The summed E-state index contributed by atoms with van der Waals surface area (Å²) in [6.45, 7) is 10.2. The molecule has 0 spiro atoms. The number of nitrogens with zero attached hydrogens (tertiary/aromatic N) is 5. The first-order valence-corrected chi connectivity index (χ1v) is 12.0. The number of benzene rings is 1. The molecule has 0 atom stereocenters. The van der Waals surface area contributed by atoms with Crippen LogP contribution in [0.4, 0.5) is 4.79 Å². The third kappa shape index (κ3) is 6.35. The topological polar surface area (TPSA) is 122 Å². The second-order valence-corrected chi connectivity index (χ2v) is 9.44. The van der Waals surface area contributed by atoms with Crippen molar-refractivity contribution in [3.8, 4) is 5.75 Å². The lowest BCUT2D eigenvalue weighted by atomic mass is 10.2. The number of rotatable bonds is 8. The molecular formula is C26H34N6O5. The van der Waals surface area contributed by atoms with Gasteiger partial charge in [-0.1, -0.05) is 12.2 Å². The maximum atomic E-state index is 13.2. The van der Waals surface area contributed by atoms with Crippen molar-refractivity contribution in [1.29, 1.82) is 0 Å². The smallest absolute Gasteiger partial charge is 0.407 e. The molecule has 3 aromatic rings. The first kappa shape index (κ1) is 27.4. The van der Waals surface area contributed by atoms with Crippen LogP contribution in [-0.4, -0.2) is 56.5 Å². The molecule has 2 amide bonds. The highest BCUT2D eigenvalue weighted by Crippen LogP contribution is 2.26. The summed E-state index contributed by atoms with van der Waals surface area (Å²) in [4.78, 5) is 41.1. The van der Waals surface area contributed by atoms with Gasteiger partial charge in [0.25, 0.3) is 5.91 Å². The van der Waals surface area contributed by atoms with Gasteiger partial charge in [0, 0.05) is 32.2 Å². The Kier molecular flexibility index (Phi) is 8.36. The average Bonchev–Trinajstić information content (AvgIpc) is 3.34. The second-order valence-electron chi connectivity index (χ2n) is 9.44. The van der Waals surface area contributed by atoms with Gasteiger partial charge < -0.3 is 23.9 Å². The van der Waals surface area contributed by atoms with Crippen LogP contribution in [-0.2, 0) is 24.9 Å². The van der Waals surface area contributed by atoms with Crippen molar-refractivity contribution < 1.29 is 23.9 Å². The number of carbonyl (C=O) groups is 3. The van der Waals surface area contributed by atoms with Crippen LogP contribution in [0.15, 0.2) is 35.3 Å². The zero-order valence-electron chi connectivity index (χ0n) is 22.4. The van der Waals surface area contributed by atoms with Gasteiger partial charge in [0.15, 0.2) is 0 Å². The highest BCUT2D eigenvalue weighted by Gasteiger charge is 2.18. The quantitative estimate of drug-likeness (QED) is 0.367. The lowest BCUT2D eigenvalue weighted by Gasteiger charge is -2.19. The molecule has 0 aliphatic carbocycles. The van der Waals surface area contributed by atoms with Gasteiger partial charge >= 0.3 is 6.09 Å². The summed E-state index contributed by atoms with van der Waals surface area (Å²) < 4.78 is 16.0. The minimum Gasteiger partial charge on any atom is -0.494 e. The fourth-order valence-corrected chi connectivity index (χ4v) is 3.89. The van der Waals surface area contributed by atoms with E-state index < -0.39 is 17.6 Å². The number of aryl methyl sites for hydroxylation is 3. The van der Waals surface area contributed by atoms with Gasteiger partial charge in [-0.3, -0.25) is 14.3 Å². The average molecular weight is 511 g/mol. The Bertz CT molecular complexity index is 1420. The lowest BCUT2D eigenvalue weighted by Crippen LogP contribution is -2.32. The first-order valence-electron chi connectivity index (χ1n) is 12.0. The maximum absolute atomic E-state index is 13.2.